The van der Waals surface area contributed by atoms with Gasteiger partial charge in [-0.2, -0.15) is 5.26 Å². The third-order valence-corrected chi connectivity index (χ3v) is 5.81. The minimum atomic E-state index is -0.870. The van der Waals surface area contributed by atoms with E-state index in [0.29, 0.717) is 58.7 Å². The van der Waals surface area contributed by atoms with E-state index in [0.717, 1.165) is 13.1 Å². The van der Waals surface area contributed by atoms with Crippen LogP contribution >= 0.6 is 0 Å². The number of nitrogens with zero attached hydrogens (tertiary/aromatic N) is 4. The van der Waals surface area contributed by atoms with Crippen molar-refractivity contribution in [1.82, 2.24) is 20.0 Å². The van der Waals surface area contributed by atoms with Gasteiger partial charge in [-0.3, -0.25) is 14.5 Å². The molecule has 0 saturated carbocycles. The number of piperazine rings is 1. The van der Waals surface area contributed by atoms with E-state index >= 15 is 0 Å². The molecule has 0 aromatic rings. The number of carbonyl (C=O) groups is 2. The maximum atomic E-state index is 12.9. The molecular weight excluding hydrogens is 318 g/mol. The summed E-state index contributed by atoms with van der Waals surface area (Å²) in [6, 6.07) is 2.28. The molecule has 3 heterocycles. The van der Waals surface area contributed by atoms with Gasteiger partial charge in [0.15, 0.2) is 0 Å². The van der Waals surface area contributed by atoms with Gasteiger partial charge in [-0.1, -0.05) is 6.42 Å². The second-order valence-electron chi connectivity index (χ2n) is 7.45. The number of nitriles is 1. The van der Waals surface area contributed by atoms with E-state index in [1.165, 1.54) is 19.3 Å². The lowest BCUT2D eigenvalue weighted by Gasteiger charge is -2.40. The van der Waals surface area contributed by atoms with E-state index in [1.54, 1.807) is 4.90 Å². The van der Waals surface area contributed by atoms with E-state index in [1.807, 2.05) is 4.90 Å². The number of hydrogen-bond acceptors (Lipinski definition) is 5. The predicted molar refractivity (Wildman–Crippen MR) is 93.6 cm³/mol. The van der Waals surface area contributed by atoms with Crippen LogP contribution in [0.15, 0.2) is 0 Å². The number of piperidine rings is 2. The van der Waals surface area contributed by atoms with Crippen LogP contribution in [0.3, 0.4) is 0 Å². The topological polar surface area (TPSA) is 79.7 Å². The van der Waals surface area contributed by atoms with Crippen LogP contribution in [0.4, 0.5) is 0 Å². The average Bonchev–Trinajstić information content (AvgIpc) is 2.69. The Bertz CT molecular complexity index is 524. The minimum Gasteiger partial charge on any atom is -0.338 e. The number of likely N-dealkylation sites (tertiary alicyclic amines) is 1. The minimum absolute atomic E-state index is 0.0420. The highest BCUT2D eigenvalue weighted by Crippen LogP contribution is 2.30. The van der Waals surface area contributed by atoms with Crippen molar-refractivity contribution >= 4 is 11.8 Å². The Hall–Kier alpha value is -1.65. The molecule has 1 N–H and O–H groups in total. The molecule has 0 bridgehead atoms. The van der Waals surface area contributed by atoms with Gasteiger partial charge in [-0.05, 0) is 51.9 Å². The second-order valence-corrected chi connectivity index (χ2v) is 7.45. The van der Waals surface area contributed by atoms with Crippen molar-refractivity contribution in [3.05, 3.63) is 0 Å². The first-order valence-electron chi connectivity index (χ1n) is 9.56. The number of rotatable bonds is 3. The number of carbonyl (C=O) groups excluding carboxylic acids is 2. The van der Waals surface area contributed by atoms with Gasteiger partial charge in [0.1, 0.15) is 5.41 Å². The van der Waals surface area contributed by atoms with Crippen molar-refractivity contribution in [1.29, 1.82) is 5.26 Å². The summed E-state index contributed by atoms with van der Waals surface area (Å²) >= 11 is 0. The standard InChI is InChI=1S/C18H29N5O2/c19-15-18(4-6-20-7-5-18)17(25)23-12-10-22(11-13-23)16(24)14-21-8-2-1-3-9-21/h20H,1-14H2. The number of amides is 2. The molecule has 3 saturated heterocycles. The Morgan fingerprint density at radius 1 is 0.920 bits per heavy atom. The van der Waals surface area contributed by atoms with Crippen molar-refractivity contribution in [3.8, 4) is 6.07 Å². The smallest absolute Gasteiger partial charge is 0.243 e. The molecule has 3 aliphatic rings. The third-order valence-electron chi connectivity index (χ3n) is 5.81. The summed E-state index contributed by atoms with van der Waals surface area (Å²) < 4.78 is 0. The lowest BCUT2D eigenvalue weighted by atomic mass is 9.79. The normalized spacial score (nSPS) is 24.6. The lowest BCUT2D eigenvalue weighted by Crippen LogP contribution is -2.56. The average molecular weight is 347 g/mol. The molecule has 2 amide bonds. The molecule has 25 heavy (non-hydrogen) atoms. The monoisotopic (exact) mass is 347 g/mol. The highest BCUT2D eigenvalue weighted by atomic mass is 16.2. The fourth-order valence-electron chi connectivity index (χ4n) is 4.10. The van der Waals surface area contributed by atoms with Crippen LogP contribution in [0.1, 0.15) is 32.1 Å². The molecule has 0 aromatic heterocycles. The largest absolute Gasteiger partial charge is 0.338 e. The summed E-state index contributed by atoms with van der Waals surface area (Å²) in [5.74, 6) is 0.130. The molecule has 7 nitrogen and oxygen atoms in total. The number of hydrogen-bond donors (Lipinski definition) is 1. The van der Waals surface area contributed by atoms with Crippen molar-refractivity contribution in [2.75, 3.05) is 58.9 Å². The van der Waals surface area contributed by atoms with Crippen LogP contribution in [0, 0.1) is 16.7 Å². The SMILES string of the molecule is N#CC1(C(=O)N2CCN(C(=O)CN3CCCCC3)CC2)CCNCC1. The molecular formula is C18H29N5O2. The van der Waals surface area contributed by atoms with Crippen LogP contribution in [-0.4, -0.2) is 85.4 Å². The first-order valence-corrected chi connectivity index (χ1v) is 9.56. The zero-order valence-corrected chi connectivity index (χ0v) is 15.0. The Balaban J connectivity index is 1.50. The van der Waals surface area contributed by atoms with E-state index in [2.05, 4.69) is 16.3 Å². The summed E-state index contributed by atoms with van der Waals surface area (Å²) in [6.07, 6.45) is 4.79. The molecule has 7 heteroatoms. The van der Waals surface area contributed by atoms with E-state index in [9.17, 15) is 14.9 Å². The third kappa shape index (κ3) is 4.13. The quantitative estimate of drug-likeness (QED) is 0.780. The number of nitrogens with one attached hydrogen (secondary N) is 1. The van der Waals surface area contributed by atoms with Crippen LogP contribution < -0.4 is 5.32 Å². The van der Waals surface area contributed by atoms with Gasteiger partial charge in [-0.25, -0.2) is 0 Å². The van der Waals surface area contributed by atoms with Gasteiger partial charge in [0, 0.05) is 26.2 Å². The fourth-order valence-corrected chi connectivity index (χ4v) is 4.10. The van der Waals surface area contributed by atoms with E-state index in [4.69, 9.17) is 0 Å². The highest BCUT2D eigenvalue weighted by Gasteiger charge is 2.43. The fraction of sp³-hybridized carbons (Fsp3) is 0.833. The molecule has 0 aliphatic carbocycles. The Labute approximate surface area is 149 Å². The summed E-state index contributed by atoms with van der Waals surface area (Å²) in [5.41, 5.74) is -0.870. The van der Waals surface area contributed by atoms with Gasteiger partial charge >= 0.3 is 0 Å². The molecule has 138 valence electrons. The predicted octanol–water partition coefficient (Wildman–Crippen LogP) is 0.0365. The molecule has 0 radical (unpaired) electrons. The van der Waals surface area contributed by atoms with Gasteiger partial charge in [-0.15, -0.1) is 0 Å². The summed E-state index contributed by atoms with van der Waals surface area (Å²) in [7, 11) is 0. The molecule has 0 unspecified atom stereocenters. The lowest BCUT2D eigenvalue weighted by molar-refractivity contribution is -0.146. The van der Waals surface area contributed by atoms with Crippen molar-refractivity contribution in [2.45, 2.75) is 32.1 Å². The summed E-state index contributed by atoms with van der Waals surface area (Å²) in [5, 5.41) is 12.8. The molecule has 3 rings (SSSR count). The first kappa shape index (κ1) is 18.2. The summed E-state index contributed by atoms with van der Waals surface area (Å²) in [6.45, 7) is 6.22. The zero-order valence-electron chi connectivity index (χ0n) is 15.0. The van der Waals surface area contributed by atoms with Gasteiger partial charge in [0.05, 0.1) is 12.6 Å². The first-order chi connectivity index (χ1) is 12.1. The van der Waals surface area contributed by atoms with E-state index in [-0.39, 0.29) is 11.8 Å². The maximum Gasteiger partial charge on any atom is 0.243 e. The molecule has 0 atom stereocenters. The highest BCUT2D eigenvalue weighted by molar-refractivity contribution is 5.86. The van der Waals surface area contributed by atoms with Crippen LogP contribution in [0.2, 0.25) is 0 Å². The van der Waals surface area contributed by atoms with E-state index < -0.39 is 5.41 Å². The van der Waals surface area contributed by atoms with Crippen LogP contribution in [0.25, 0.3) is 0 Å². The summed E-state index contributed by atoms with van der Waals surface area (Å²) in [4.78, 5) is 31.3. The van der Waals surface area contributed by atoms with Crippen molar-refractivity contribution in [3.63, 3.8) is 0 Å². The van der Waals surface area contributed by atoms with Crippen molar-refractivity contribution < 1.29 is 9.59 Å². The van der Waals surface area contributed by atoms with Gasteiger partial charge in [0.2, 0.25) is 11.8 Å². The van der Waals surface area contributed by atoms with Crippen LogP contribution in [0.5, 0.6) is 0 Å². The Morgan fingerprint density at radius 2 is 1.52 bits per heavy atom. The molecule has 3 aliphatic heterocycles. The zero-order chi connectivity index (χ0) is 17.7. The maximum absolute atomic E-state index is 12.9. The van der Waals surface area contributed by atoms with Gasteiger partial charge < -0.3 is 15.1 Å². The van der Waals surface area contributed by atoms with Crippen molar-refractivity contribution in [2.24, 2.45) is 5.41 Å². The molecule has 0 aromatic carbocycles. The molecule has 3 fully saturated rings. The van der Waals surface area contributed by atoms with Crippen LogP contribution in [-0.2, 0) is 9.59 Å². The second kappa shape index (κ2) is 8.15. The Morgan fingerprint density at radius 3 is 2.12 bits per heavy atom. The van der Waals surface area contributed by atoms with Gasteiger partial charge in [0.25, 0.3) is 0 Å². The Kier molecular flexibility index (Phi) is 5.92. The molecule has 0 spiro atoms.